The summed E-state index contributed by atoms with van der Waals surface area (Å²) in [6.45, 7) is 15.9. The SMILES string of the molecule is Brc1ccc2c(c1)Cc1cc(Br)c3ccccc3c1-2.CCCCC(CC)Cn1c2cc(Br)ccc2c2c3ccccc3c(Br)cc21.CCCCC(CC)Cn1c2cc(C)ccc2c2c3ccccc3c(C)cc21. The maximum atomic E-state index is 3.83. The topological polar surface area (TPSA) is 9.86 Å². The van der Waals surface area contributed by atoms with Gasteiger partial charge in [-0.1, -0.05) is 227 Å². The average molecular weight is 1220 g/mol. The first-order valence-corrected chi connectivity index (χ1v) is 29.9. The van der Waals surface area contributed by atoms with Gasteiger partial charge in [0.25, 0.3) is 0 Å². The van der Waals surface area contributed by atoms with E-state index in [4.69, 9.17) is 0 Å². The van der Waals surface area contributed by atoms with Crippen molar-refractivity contribution in [2.24, 2.45) is 11.8 Å². The van der Waals surface area contributed by atoms with Crippen molar-refractivity contribution in [2.75, 3.05) is 0 Å². The van der Waals surface area contributed by atoms with Gasteiger partial charge in [-0.25, -0.2) is 0 Å². The number of benzene rings is 9. The van der Waals surface area contributed by atoms with Gasteiger partial charge in [0.2, 0.25) is 0 Å². The van der Waals surface area contributed by atoms with Crippen molar-refractivity contribution in [2.45, 2.75) is 112 Å². The minimum atomic E-state index is 0.716. The molecule has 0 spiro atoms. The Hall–Kier alpha value is -4.72. The van der Waals surface area contributed by atoms with E-state index in [9.17, 15) is 0 Å². The standard InChI is InChI=1S/C26H31N.C24H25Br2N.C17H10Br2/c1-5-7-10-20(6-2)17-27-24-15-18(3)13-14-23(24)26-22-12-9-8-11-21(22)19(4)16-25(26)27;1-3-5-8-16(4-2)15-27-22-13-17(25)11-12-20(22)24-19-10-7-6-9-18(19)21(26)14-23(24)27;18-12-5-6-13-10(8-12)7-11-9-16(19)14-3-1-2-4-15(14)17(11)13/h8-9,11-16,20H,5-7,10,17H2,1-4H3;6-7,9-14,16H,3-5,8,15H2,1-2H3;1-6,8-9H,7H2. The molecule has 0 saturated carbocycles. The summed E-state index contributed by atoms with van der Waals surface area (Å²) in [4.78, 5) is 0. The van der Waals surface area contributed by atoms with Gasteiger partial charge in [0, 0.05) is 58.0 Å². The van der Waals surface area contributed by atoms with E-state index in [0.717, 1.165) is 34.4 Å². The lowest BCUT2D eigenvalue weighted by atomic mass is 9.98. The van der Waals surface area contributed by atoms with Gasteiger partial charge >= 0.3 is 0 Å². The first-order valence-electron chi connectivity index (χ1n) is 26.7. The molecule has 0 fully saturated rings. The average Bonchev–Trinajstić information content (AvgIpc) is 4.03. The summed E-state index contributed by atoms with van der Waals surface area (Å²) < 4.78 is 9.83. The van der Waals surface area contributed by atoms with E-state index in [2.05, 4.69) is 260 Å². The predicted octanol–water partition coefficient (Wildman–Crippen LogP) is 22.4. The third kappa shape index (κ3) is 10.2. The summed E-state index contributed by atoms with van der Waals surface area (Å²) in [6.07, 6.45) is 11.3. The van der Waals surface area contributed by atoms with Gasteiger partial charge in [-0.15, -0.1) is 0 Å². The number of hydrogen-bond donors (Lipinski definition) is 0. The zero-order valence-corrected chi connectivity index (χ0v) is 49.5. The predicted molar refractivity (Wildman–Crippen MR) is 333 cm³/mol. The van der Waals surface area contributed by atoms with Crippen molar-refractivity contribution >= 4 is 140 Å². The molecule has 73 heavy (non-hydrogen) atoms. The highest BCUT2D eigenvalue weighted by Gasteiger charge is 2.23. The van der Waals surface area contributed by atoms with Crippen LogP contribution >= 0.6 is 63.7 Å². The Morgan fingerprint density at radius 2 is 0.932 bits per heavy atom. The van der Waals surface area contributed by atoms with Crippen molar-refractivity contribution in [1.29, 1.82) is 0 Å². The molecule has 2 nitrogen and oxygen atoms in total. The van der Waals surface area contributed by atoms with Crippen LogP contribution in [-0.2, 0) is 19.5 Å². The second-order valence-corrected chi connectivity index (χ2v) is 24.1. The first kappa shape index (κ1) is 51.8. The largest absolute Gasteiger partial charge is 0.340 e. The quantitative estimate of drug-likeness (QED) is 0.115. The molecule has 12 rings (SSSR count). The fourth-order valence-electron chi connectivity index (χ4n) is 11.9. The molecule has 0 aliphatic heterocycles. The second-order valence-electron chi connectivity index (χ2n) is 20.6. The smallest absolute Gasteiger partial charge is 0.0509 e. The number of aryl methyl sites for hydroxylation is 2. The molecule has 1 aliphatic carbocycles. The Kier molecular flexibility index (Phi) is 16.0. The van der Waals surface area contributed by atoms with Crippen LogP contribution in [0, 0.1) is 25.7 Å². The number of aromatic nitrogens is 2. The monoisotopic (exact) mass is 1210 g/mol. The van der Waals surface area contributed by atoms with Crippen LogP contribution in [0.3, 0.4) is 0 Å². The third-order valence-corrected chi connectivity index (χ3v) is 18.1. The number of nitrogens with zero attached hydrogens (tertiary/aromatic N) is 2. The Balaban J connectivity index is 0.000000128. The molecule has 2 unspecified atom stereocenters. The molecule has 1 aliphatic rings. The summed E-state index contributed by atoms with van der Waals surface area (Å²) in [5.74, 6) is 1.46. The molecule has 2 heterocycles. The van der Waals surface area contributed by atoms with Crippen molar-refractivity contribution in [3.05, 3.63) is 186 Å². The highest BCUT2D eigenvalue weighted by Crippen LogP contribution is 2.45. The lowest BCUT2D eigenvalue weighted by Gasteiger charge is -2.18. The fourth-order valence-corrected chi connectivity index (χ4v) is 13.8. The third-order valence-electron chi connectivity index (χ3n) is 15.8. The van der Waals surface area contributed by atoms with Crippen LogP contribution in [0.2, 0.25) is 0 Å². The normalized spacial score (nSPS) is 12.9. The summed E-state index contributed by atoms with van der Waals surface area (Å²) in [5.41, 5.74) is 13.8. The number of fused-ring (bicyclic) bond motifs is 15. The number of rotatable bonds is 12. The van der Waals surface area contributed by atoms with E-state index in [1.54, 1.807) is 0 Å². The van der Waals surface area contributed by atoms with Crippen LogP contribution in [0.1, 0.15) is 101 Å². The molecule has 0 amide bonds. The van der Waals surface area contributed by atoms with E-state index in [1.807, 2.05) is 0 Å². The zero-order chi connectivity index (χ0) is 50.9. The van der Waals surface area contributed by atoms with E-state index < -0.39 is 0 Å². The van der Waals surface area contributed by atoms with Crippen LogP contribution in [0.4, 0.5) is 0 Å². The Labute approximate surface area is 466 Å². The molecule has 0 bridgehead atoms. The van der Waals surface area contributed by atoms with Gasteiger partial charge in [0.05, 0.1) is 16.6 Å². The molecular weight excluding hydrogens is 1150 g/mol. The number of halogens is 4. The summed E-state index contributed by atoms with van der Waals surface area (Å²) in [5, 5.41) is 13.6. The van der Waals surface area contributed by atoms with Gasteiger partial charge in [-0.05, 0) is 159 Å². The molecular formula is C67H66Br4N2. The molecule has 6 heteroatoms. The first-order chi connectivity index (χ1) is 35.5. The minimum absolute atomic E-state index is 0.716. The number of unbranched alkanes of at least 4 members (excludes halogenated alkanes) is 2. The van der Waals surface area contributed by atoms with E-state index in [1.165, 1.54) is 170 Å². The lowest BCUT2D eigenvalue weighted by molar-refractivity contribution is 0.401. The molecule has 0 radical (unpaired) electrons. The maximum absolute atomic E-state index is 3.83. The summed E-state index contributed by atoms with van der Waals surface area (Å²) >= 11 is 14.8. The molecule has 2 aromatic heterocycles. The highest BCUT2D eigenvalue weighted by atomic mass is 79.9. The van der Waals surface area contributed by atoms with Gasteiger partial charge in [0.15, 0.2) is 0 Å². The second kappa shape index (κ2) is 22.6. The van der Waals surface area contributed by atoms with Gasteiger partial charge in [-0.3, -0.25) is 0 Å². The van der Waals surface area contributed by atoms with Crippen molar-refractivity contribution < 1.29 is 0 Å². The van der Waals surface area contributed by atoms with Gasteiger partial charge < -0.3 is 9.13 Å². The Bertz CT molecular complexity index is 3640. The summed E-state index contributed by atoms with van der Waals surface area (Å²) in [7, 11) is 0. The van der Waals surface area contributed by atoms with Gasteiger partial charge in [0.1, 0.15) is 0 Å². The number of hydrogen-bond acceptors (Lipinski definition) is 0. The van der Waals surface area contributed by atoms with E-state index >= 15 is 0 Å². The highest BCUT2D eigenvalue weighted by molar-refractivity contribution is 9.11. The molecule has 0 N–H and O–H groups in total. The Morgan fingerprint density at radius 1 is 0.438 bits per heavy atom. The van der Waals surface area contributed by atoms with Crippen LogP contribution in [0.5, 0.6) is 0 Å². The van der Waals surface area contributed by atoms with Gasteiger partial charge in [-0.2, -0.15) is 0 Å². The maximum Gasteiger partial charge on any atom is 0.0509 e. The minimum Gasteiger partial charge on any atom is -0.340 e. The zero-order valence-electron chi connectivity index (χ0n) is 43.2. The summed E-state index contributed by atoms with van der Waals surface area (Å²) in [6, 6.07) is 53.5. The lowest BCUT2D eigenvalue weighted by Crippen LogP contribution is -2.10. The Morgan fingerprint density at radius 3 is 1.55 bits per heavy atom. The van der Waals surface area contributed by atoms with Crippen LogP contribution in [0.15, 0.2) is 163 Å². The molecule has 372 valence electrons. The van der Waals surface area contributed by atoms with Crippen LogP contribution in [-0.4, -0.2) is 9.13 Å². The van der Waals surface area contributed by atoms with E-state index in [-0.39, 0.29) is 0 Å². The van der Waals surface area contributed by atoms with Crippen LogP contribution in [0.25, 0.3) is 87.1 Å². The van der Waals surface area contributed by atoms with Crippen LogP contribution < -0.4 is 0 Å². The molecule has 11 aromatic rings. The fraction of sp³-hybridized carbons (Fsp3) is 0.284. The van der Waals surface area contributed by atoms with Crippen molar-refractivity contribution in [3.63, 3.8) is 0 Å². The van der Waals surface area contributed by atoms with Crippen molar-refractivity contribution in [1.82, 2.24) is 9.13 Å². The molecule has 0 saturated heterocycles. The van der Waals surface area contributed by atoms with Crippen molar-refractivity contribution in [3.8, 4) is 11.1 Å². The van der Waals surface area contributed by atoms with E-state index in [0.29, 0.717) is 5.92 Å². The molecule has 2 atom stereocenters. The molecule has 9 aromatic carbocycles.